The summed E-state index contributed by atoms with van der Waals surface area (Å²) in [6, 6.07) is 4.67. The highest BCUT2D eigenvalue weighted by molar-refractivity contribution is 7.33. The van der Waals surface area contributed by atoms with Crippen molar-refractivity contribution in [3.63, 3.8) is 0 Å². The highest BCUT2D eigenvalue weighted by atomic mass is 35.7. The minimum absolute atomic E-state index is 0.745. The molecule has 0 atom stereocenters. The van der Waals surface area contributed by atoms with E-state index in [0.717, 1.165) is 16.6 Å². The average Bonchev–Trinajstić information content (AvgIpc) is 2.05. The number of hydrogen-bond donors (Lipinski definition) is 0. The average molecular weight is 254 g/mol. The third-order valence-electron chi connectivity index (χ3n) is 2.17. The van der Waals surface area contributed by atoms with Crippen molar-refractivity contribution in [1.29, 1.82) is 0 Å². The van der Waals surface area contributed by atoms with Gasteiger partial charge in [0.2, 0.25) is 7.42 Å². The van der Waals surface area contributed by atoms with Gasteiger partial charge in [-0.1, -0.05) is 17.7 Å². The molecule has 0 aromatic heterocycles. The van der Waals surface area contributed by atoms with Gasteiger partial charge in [-0.05, 0) is 42.6 Å². The summed E-state index contributed by atoms with van der Waals surface area (Å²) in [7, 11) is -1.61. The summed E-state index contributed by atoms with van der Waals surface area (Å²) in [6.45, 7) is 4.12. The summed E-state index contributed by atoms with van der Waals surface area (Å²) in [5.41, 5.74) is 3.57. The molecule has 0 saturated carbocycles. The fourth-order valence-corrected chi connectivity index (χ4v) is 3.42. The summed E-state index contributed by atoms with van der Waals surface area (Å²) in [6.07, 6.45) is 0. The molecule has 0 saturated heterocycles. The van der Waals surface area contributed by atoms with Crippen molar-refractivity contribution in [3.8, 4) is 0 Å². The van der Waals surface area contributed by atoms with E-state index in [1.165, 1.54) is 11.1 Å². The largest absolute Gasteiger partial charge is 0.241 e. The van der Waals surface area contributed by atoms with Gasteiger partial charge in [0.25, 0.3) is 0 Å². The molecular formula is C9H11Cl3Si. The van der Waals surface area contributed by atoms with E-state index >= 15 is 0 Å². The van der Waals surface area contributed by atoms with Gasteiger partial charge < -0.3 is 0 Å². The standard InChI is InChI=1S/C9H11Cl3Si/c1-6-3-4-9(10)8(7(6)2)5-13(11)12/h3-4,13H,5H2,1-2H3. The molecule has 0 aliphatic carbocycles. The molecule has 4 heteroatoms. The number of hydrogen-bond acceptors (Lipinski definition) is 0. The van der Waals surface area contributed by atoms with Gasteiger partial charge in [-0.2, -0.15) is 0 Å². The van der Waals surface area contributed by atoms with Crippen molar-refractivity contribution in [2.45, 2.75) is 19.9 Å². The lowest BCUT2D eigenvalue weighted by atomic mass is 10.0. The van der Waals surface area contributed by atoms with Crippen LogP contribution in [-0.2, 0) is 6.04 Å². The molecule has 13 heavy (non-hydrogen) atoms. The molecule has 0 amide bonds. The molecule has 0 spiro atoms. The maximum absolute atomic E-state index is 6.05. The smallest absolute Gasteiger partial charge is 0.150 e. The number of rotatable bonds is 2. The second-order valence-corrected chi connectivity index (χ2v) is 8.49. The molecule has 0 radical (unpaired) electrons. The summed E-state index contributed by atoms with van der Waals surface area (Å²) in [5.74, 6) is 0. The SMILES string of the molecule is Cc1ccc(Cl)c(C[SiH](Cl)Cl)c1C. The first-order chi connectivity index (χ1) is 6.02. The van der Waals surface area contributed by atoms with E-state index in [4.69, 9.17) is 33.8 Å². The maximum Gasteiger partial charge on any atom is 0.241 e. The lowest BCUT2D eigenvalue weighted by molar-refractivity contribution is 1.24. The van der Waals surface area contributed by atoms with Gasteiger partial charge in [0.15, 0.2) is 0 Å². The maximum atomic E-state index is 6.05. The zero-order valence-corrected chi connectivity index (χ0v) is 11.0. The Morgan fingerprint density at radius 2 is 1.85 bits per heavy atom. The fourth-order valence-electron chi connectivity index (χ4n) is 1.25. The first kappa shape index (κ1) is 11.4. The molecule has 1 rings (SSSR count). The Hall–Kier alpha value is 0.307. The molecule has 1 aromatic rings. The minimum Gasteiger partial charge on any atom is -0.150 e. The molecule has 1 aromatic carbocycles. The Morgan fingerprint density at radius 1 is 1.23 bits per heavy atom. The summed E-state index contributed by atoms with van der Waals surface area (Å²) < 4.78 is 0. The van der Waals surface area contributed by atoms with Crippen LogP contribution in [0.2, 0.25) is 5.02 Å². The van der Waals surface area contributed by atoms with Crippen LogP contribution in [0.4, 0.5) is 0 Å². The van der Waals surface area contributed by atoms with E-state index in [-0.39, 0.29) is 0 Å². The monoisotopic (exact) mass is 252 g/mol. The third-order valence-corrected chi connectivity index (χ3v) is 4.17. The van der Waals surface area contributed by atoms with Crippen molar-refractivity contribution >= 4 is 41.2 Å². The molecule has 0 aliphatic rings. The summed E-state index contributed by atoms with van der Waals surface area (Å²) in [4.78, 5) is 0. The van der Waals surface area contributed by atoms with Gasteiger partial charge in [-0.3, -0.25) is 0 Å². The fraction of sp³-hybridized carbons (Fsp3) is 0.333. The Balaban J connectivity index is 3.10. The number of aryl methyl sites for hydroxylation is 1. The minimum atomic E-state index is -1.61. The molecular weight excluding hydrogens is 243 g/mol. The predicted molar refractivity (Wildman–Crippen MR) is 63.5 cm³/mol. The van der Waals surface area contributed by atoms with Crippen molar-refractivity contribution in [2.75, 3.05) is 0 Å². The lowest BCUT2D eigenvalue weighted by Gasteiger charge is -2.10. The van der Waals surface area contributed by atoms with Crippen LogP contribution in [0.5, 0.6) is 0 Å². The number of halogens is 3. The zero-order valence-electron chi connectivity index (χ0n) is 7.57. The van der Waals surface area contributed by atoms with Crippen molar-refractivity contribution in [2.24, 2.45) is 0 Å². The molecule has 0 bridgehead atoms. The second kappa shape index (κ2) is 4.69. The van der Waals surface area contributed by atoms with Gasteiger partial charge in [0.1, 0.15) is 0 Å². The van der Waals surface area contributed by atoms with E-state index < -0.39 is 7.42 Å². The molecule has 0 heterocycles. The lowest BCUT2D eigenvalue weighted by Crippen LogP contribution is -2.03. The van der Waals surface area contributed by atoms with Crippen LogP contribution in [0.25, 0.3) is 0 Å². The quantitative estimate of drug-likeness (QED) is 0.556. The number of benzene rings is 1. The van der Waals surface area contributed by atoms with Crippen LogP contribution in [-0.4, -0.2) is 7.42 Å². The van der Waals surface area contributed by atoms with Crippen LogP contribution in [0.3, 0.4) is 0 Å². The normalized spacial score (nSPS) is 10.9. The van der Waals surface area contributed by atoms with Crippen LogP contribution in [0, 0.1) is 13.8 Å². The first-order valence-electron chi connectivity index (χ1n) is 4.05. The van der Waals surface area contributed by atoms with Crippen molar-refractivity contribution in [1.82, 2.24) is 0 Å². The van der Waals surface area contributed by atoms with E-state index in [9.17, 15) is 0 Å². The van der Waals surface area contributed by atoms with E-state index in [1.54, 1.807) is 0 Å². The molecule has 72 valence electrons. The summed E-state index contributed by atoms with van der Waals surface area (Å²) >= 11 is 17.8. The second-order valence-electron chi connectivity index (χ2n) is 3.06. The van der Waals surface area contributed by atoms with Gasteiger partial charge in [0, 0.05) is 5.02 Å². The topological polar surface area (TPSA) is 0 Å². The molecule has 0 fully saturated rings. The predicted octanol–water partition coefficient (Wildman–Crippen LogP) is 3.74. The highest BCUT2D eigenvalue weighted by Crippen LogP contribution is 2.24. The van der Waals surface area contributed by atoms with E-state index in [0.29, 0.717) is 0 Å². The molecule has 0 aliphatic heterocycles. The van der Waals surface area contributed by atoms with Crippen LogP contribution >= 0.6 is 33.8 Å². The van der Waals surface area contributed by atoms with Gasteiger partial charge in [0.05, 0.1) is 0 Å². The Bertz CT molecular complexity index is 310. The van der Waals surface area contributed by atoms with Gasteiger partial charge in [-0.15, -0.1) is 22.2 Å². The van der Waals surface area contributed by atoms with Gasteiger partial charge in [-0.25, -0.2) is 0 Å². The Kier molecular flexibility index (Phi) is 4.11. The highest BCUT2D eigenvalue weighted by Gasteiger charge is 2.11. The van der Waals surface area contributed by atoms with Crippen molar-refractivity contribution < 1.29 is 0 Å². The van der Waals surface area contributed by atoms with Crippen LogP contribution < -0.4 is 0 Å². The Labute approximate surface area is 94.8 Å². The van der Waals surface area contributed by atoms with Crippen molar-refractivity contribution in [3.05, 3.63) is 33.8 Å². The molecule has 0 nitrogen and oxygen atoms in total. The third kappa shape index (κ3) is 2.88. The molecule has 0 unspecified atom stereocenters. The van der Waals surface area contributed by atoms with Crippen LogP contribution in [0.1, 0.15) is 16.7 Å². The van der Waals surface area contributed by atoms with E-state index in [1.807, 2.05) is 12.1 Å². The van der Waals surface area contributed by atoms with Gasteiger partial charge >= 0.3 is 0 Å². The zero-order chi connectivity index (χ0) is 10.0. The summed E-state index contributed by atoms with van der Waals surface area (Å²) in [5, 5.41) is 0.780. The first-order valence-corrected chi connectivity index (χ1v) is 8.73. The van der Waals surface area contributed by atoms with E-state index in [2.05, 4.69) is 13.8 Å². The van der Waals surface area contributed by atoms with Crippen LogP contribution in [0.15, 0.2) is 12.1 Å². The molecule has 0 N–H and O–H groups in total. The Morgan fingerprint density at radius 3 is 2.38 bits per heavy atom.